The van der Waals surface area contributed by atoms with Crippen LogP contribution in [0.2, 0.25) is 0 Å². The molecule has 0 saturated carbocycles. The van der Waals surface area contributed by atoms with Gasteiger partial charge in [-0.15, -0.1) is 0 Å². The topological polar surface area (TPSA) is 60.0 Å². The van der Waals surface area contributed by atoms with Gasteiger partial charge in [0.1, 0.15) is 0 Å². The number of hydrogen-bond donors (Lipinski definition) is 1. The summed E-state index contributed by atoms with van der Waals surface area (Å²) in [7, 11) is 4.71. The van der Waals surface area contributed by atoms with Crippen LogP contribution in [0.25, 0.3) is 6.08 Å². The molecule has 0 radical (unpaired) electrons. The van der Waals surface area contributed by atoms with Gasteiger partial charge in [-0.2, -0.15) is 0 Å². The second kappa shape index (κ2) is 10.3. The zero-order valence-corrected chi connectivity index (χ0v) is 19.9. The molecule has 3 aromatic rings. The summed E-state index contributed by atoms with van der Waals surface area (Å²) < 4.78 is 16.2. The Kier molecular flexibility index (Phi) is 7.07. The van der Waals surface area contributed by atoms with E-state index in [0.29, 0.717) is 17.2 Å². The minimum absolute atomic E-state index is 0.0215. The minimum atomic E-state index is -0.0770. The molecule has 2 atom stereocenters. The monoisotopic (exact) mass is 458 g/mol. The molecule has 1 aliphatic heterocycles. The summed E-state index contributed by atoms with van der Waals surface area (Å²) in [5.41, 5.74) is 3.88. The highest BCUT2D eigenvalue weighted by Gasteiger charge is 2.32. The van der Waals surface area contributed by atoms with Gasteiger partial charge in [-0.25, -0.2) is 0 Å². The van der Waals surface area contributed by atoms with E-state index in [0.717, 1.165) is 28.9 Å². The molecule has 1 heterocycles. The van der Waals surface area contributed by atoms with E-state index in [9.17, 15) is 4.79 Å². The highest BCUT2D eigenvalue weighted by Crippen LogP contribution is 2.40. The summed E-state index contributed by atoms with van der Waals surface area (Å²) in [5, 5.41) is 3.63. The van der Waals surface area contributed by atoms with Crippen LogP contribution in [0.5, 0.6) is 17.2 Å². The Morgan fingerprint density at radius 3 is 2.24 bits per heavy atom. The number of carbonyl (C=O) groups is 1. The van der Waals surface area contributed by atoms with Crippen LogP contribution in [0.3, 0.4) is 0 Å². The van der Waals surface area contributed by atoms with Gasteiger partial charge in [0.15, 0.2) is 11.5 Å². The molecular weight excluding hydrogens is 428 g/mol. The van der Waals surface area contributed by atoms with E-state index in [4.69, 9.17) is 14.2 Å². The Balaban J connectivity index is 1.60. The maximum Gasteiger partial charge on any atom is 0.251 e. The van der Waals surface area contributed by atoms with Gasteiger partial charge < -0.3 is 24.4 Å². The number of fused-ring (bicyclic) bond motifs is 1. The molecule has 4 rings (SSSR count). The van der Waals surface area contributed by atoms with Gasteiger partial charge in [-0.05, 0) is 60.9 Å². The minimum Gasteiger partial charge on any atom is -0.493 e. The van der Waals surface area contributed by atoms with Crippen molar-refractivity contribution >= 4 is 23.4 Å². The standard InChI is InChI=1S/C28H30N2O4/c1-19-16-23(29-21-10-6-5-7-11-21)22-12-8-9-13-24(22)30(19)27(31)15-14-20-17-25(32-2)28(34-4)26(18-20)33-3/h5-15,17-19,23,29H,16H2,1-4H3/t19-,23-/m1/s1. The van der Waals surface area contributed by atoms with Gasteiger partial charge in [0.05, 0.1) is 27.4 Å². The van der Waals surface area contributed by atoms with E-state index < -0.39 is 0 Å². The molecule has 6 nitrogen and oxygen atoms in total. The first-order valence-electron chi connectivity index (χ1n) is 11.3. The third-order valence-electron chi connectivity index (χ3n) is 6.05. The normalized spacial score (nSPS) is 17.2. The summed E-state index contributed by atoms with van der Waals surface area (Å²) in [6, 6.07) is 22.0. The number of nitrogens with zero attached hydrogens (tertiary/aromatic N) is 1. The quantitative estimate of drug-likeness (QED) is 0.460. The summed E-state index contributed by atoms with van der Waals surface area (Å²) in [6.45, 7) is 2.08. The Bertz CT molecular complexity index is 1150. The molecule has 176 valence electrons. The lowest BCUT2D eigenvalue weighted by Gasteiger charge is -2.39. The van der Waals surface area contributed by atoms with Crippen LogP contribution >= 0.6 is 0 Å². The molecule has 1 N–H and O–H groups in total. The van der Waals surface area contributed by atoms with Gasteiger partial charge >= 0.3 is 0 Å². The van der Waals surface area contributed by atoms with Gasteiger partial charge in [0.25, 0.3) is 5.91 Å². The highest BCUT2D eigenvalue weighted by molar-refractivity contribution is 6.05. The number of para-hydroxylation sites is 2. The first kappa shape index (κ1) is 23.2. The number of ether oxygens (including phenoxy) is 3. The molecule has 1 aliphatic rings. The molecule has 0 fully saturated rings. The van der Waals surface area contributed by atoms with Crippen molar-refractivity contribution in [2.24, 2.45) is 0 Å². The molecule has 3 aromatic carbocycles. The first-order valence-corrected chi connectivity index (χ1v) is 11.3. The first-order chi connectivity index (χ1) is 16.5. The summed E-state index contributed by atoms with van der Waals surface area (Å²) >= 11 is 0. The number of amides is 1. The molecule has 6 heteroatoms. The molecule has 34 heavy (non-hydrogen) atoms. The van der Waals surface area contributed by atoms with Crippen LogP contribution in [0.4, 0.5) is 11.4 Å². The average Bonchev–Trinajstić information content (AvgIpc) is 2.87. The smallest absolute Gasteiger partial charge is 0.251 e. The fourth-order valence-electron chi connectivity index (χ4n) is 4.47. The van der Waals surface area contributed by atoms with Crippen LogP contribution in [0.15, 0.2) is 72.8 Å². The SMILES string of the molecule is COc1cc(C=CC(=O)N2c3ccccc3[C@H](Nc3ccccc3)C[C@H]2C)cc(OC)c1OC. The van der Waals surface area contributed by atoms with Gasteiger partial charge in [0, 0.05) is 23.5 Å². The lowest BCUT2D eigenvalue weighted by molar-refractivity contribution is -0.114. The molecule has 0 unspecified atom stereocenters. The van der Waals surface area contributed by atoms with Crippen molar-refractivity contribution in [1.29, 1.82) is 0 Å². The van der Waals surface area contributed by atoms with Crippen LogP contribution < -0.4 is 24.4 Å². The Morgan fingerprint density at radius 2 is 1.59 bits per heavy atom. The average molecular weight is 459 g/mol. The van der Waals surface area contributed by atoms with Crippen molar-refractivity contribution in [2.45, 2.75) is 25.4 Å². The van der Waals surface area contributed by atoms with Crippen molar-refractivity contribution in [3.63, 3.8) is 0 Å². The number of rotatable bonds is 7. The second-order valence-electron chi connectivity index (χ2n) is 8.21. The number of anilines is 2. The number of benzene rings is 3. The maximum atomic E-state index is 13.4. The zero-order chi connectivity index (χ0) is 24.1. The van der Waals surface area contributed by atoms with Crippen molar-refractivity contribution in [2.75, 3.05) is 31.5 Å². The maximum absolute atomic E-state index is 13.4. The second-order valence-corrected chi connectivity index (χ2v) is 8.21. The third kappa shape index (κ3) is 4.71. The molecule has 0 bridgehead atoms. The number of methoxy groups -OCH3 is 3. The lowest BCUT2D eigenvalue weighted by Crippen LogP contribution is -2.43. The number of hydrogen-bond acceptors (Lipinski definition) is 5. The zero-order valence-electron chi connectivity index (χ0n) is 19.9. The van der Waals surface area contributed by atoms with Crippen molar-refractivity contribution < 1.29 is 19.0 Å². The Labute approximate surface area is 200 Å². The van der Waals surface area contributed by atoms with Crippen molar-refractivity contribution in [1.82, 2.24) is 0 Å². The Hall–Kier alpha value is -3.93. The van der Waals surface area contributed by atoms with E-state index in [1.54, 1.807) is 33.5 Å². The predicted molar refractivity (Wildman–Crippen MR) is 136 cm³/mol. The van der Waals surface area contributed by atoms with Gasteiger partial charge in [-0.3, -0.25) is 4.79 Å². The molecular formula is C28H30N2O4. The molecule has 0 aliphatic carbocycles. The summed E-state index contributed by atoms with van der Waals surface area (Å²) in [6.07, 6.45) is 4.17. The fraction of sp³-hybridized carbons (Fsp3) is 0.250. The van der Waals surface area contributed by atoms with E-state index in [1.807, 2.05) is 53.4 Å². The molecule has 0 aromatic heterocycles. The van der Waals surface area contributed by atoms with Crippen LogP contribution in [-0.4, -0.2) is 33.3 Å². The molecule has 0 spiro atoms. The van der Waals surface area contributed by atoms with Crippen LogP contribution in [-0.2, 0) is 4.79 Å². The third-order valence-corrected chi connectivity index (χ3v) is 6.05. The highest BCUT2D eigenvalue weighted by atomic mass is 16.5. The summed E-state index contributed by atoms with van der Waals surface area (Å²) in [5.74, 6) is 1.52. The van der Waals surface area contributed by atoms with Gasteiger partial charge in [-0.1, -0.05) is 36.4 Å². The van der Waals surface area contributed by atoms with E-state index >= 15 is 0 Å². The lowest BCUT2D eigenvalue weighted by atomic mass is 9.91. The number of nitrogens with one attached hydrogen (secondary N) is 1. The predicted octanol–water partition coefficient (Wildman–Crippen LogP) is 5.70. The van der Waals surface area contributed by atoms with E-state index in [2.05, 4.69) is 30.4 Å². The van der Waals surface area contributed by atoms with Crippen molar-refractivity contribution in [3.8, 4) is 17.2 Å². The largest absolute Gasteiger partial charge is 0.493 e. The Morgan fingerprint density at radius 1 is 0.941 bits per heavy atom. The molecule has 1 amide bonds. The van der Waals surface area contributed by atoms with E-state index in [1.165, 1.54) is 0 Å². The van der Waals surface area contributed by atoms with Gasteiger partial charge in [0.2, 0.25) is 5.75 Å². The van der Waals surface area contributed by atoms with Crippen LogP contribution in [0.1, 0.15) is 30.5 Å². The fourth-order valence-corrected chi connectivity index (χ4v) is 4.47. The van der Waals surface area contributed by atoms with Crippen molar-refractivity contribution in [3.05, 3.63) is 83.9 Å². The van der Waals surface area contributed by atoms with Crippen LogP contribution in [0, 0.1) is 0 Å². The van der Waals surface area contributed by atoms with E-state index in [-0.39, 0.29) is 18.0 Å². The number of carbonyl (C=O) groups excluding carboxylic acids is 1. The molecule has 0 saturated heterocycles. The summed E-state index contributed by atoms with van der Waals surface area (Å²) in [4.78, 5) is 15.2.